The molecule has 0 radical (unpaired) electrons. The van der Waals surface area contributed by atoms with E-state index in [1.54, 1.807) is 0 Å². The molecule has 1 rings (SSSR count). The lowest BCUT2D eigenvalue weighted by molar-refractivity contribution is -0.139. The van der Waals surface area contributed by atoms with Crippen molar-refractivity contribution in [3.05, 3.63) is 0 Å². The summed E-state index contributed by atoms with van der Waals surface area (Å²) in [5, 5.41) is 8.67. The maximum Gasteiger partial charge on any atom is 0.320 e. The molecule has 4 heteroatoms. The molecule has 13 heavy (non-hydrogen) atoms. The van der Waals surface area contributed by atoms with E-state index in [2.05, 4.69) is 6.92 Å². The summed E-state index contributed by atoms with van der Waals surface area (Å²) in [6.45, 7) is 3.53. The van der Waals surface area contributed by atoms with E-state index in [9.17, 15) is 4.79 Å². The second-order valence-corrected chi connectivity index (χ2v) is 4.07. The Bertz CT molecular complexity index is 187. The summed E-state index contributed by atoms with van der Waals surface area (Å²) in [7, 11) is 0. The van der Waals surface area contributed by atoms with Gasteiger partial charge in [-0.05, 0) is 24.7 Å². The minimum absolute atomic E-state index is 0.0516. The van der Waals surface area contributed by atoms with E-state index in [0.29, 0.717) is 6.42 Å². The van der Waals surface area contributed by atoms with Gasteiger partial charge in [-0.15, -0.1) is 0 Å². The van der Waals surface area contributed by atoms with Crippen molar-refractivity contribution in [1.82, 2.24) is 0 Å². The highest BCUT2D eigenvalue weighted by Gasteiger charge is 2.31. The maximum absolute atomic E-state index is 10.6. The molecule has 0 aliphatic carbocycles. The third-order valence-electron chi connectivity index (χ3n) is 2.73. The van der Waals surface area contributed by atoms with Crippen LogP contribution in [0.15, 0.2) is 0 Å². The SMILES string of the molecule is CC1(C[C@@H](N)C(=O)O)CCOCC1. The van der Waals surface area contributed by atoms with E-state index >= 15 is 0 Å². The summed E-state index contributed by atoms with van der Waals surface area (Å²) in [4.78, 5) is 10.6. The van der Waals surface area contributed by atoms with E-state index in [0.717, 1.165) is 26.1 Å². The highest BCUT2D eigenvalue weighted by atomic mass is 16.5. The Morgan fingerprint density at radius 1 is 1.62 bits per heavy atom. The van der Waals surface area contributed by atoms with Gasteiger partial charge in [0.2, 0.25) is 0 Å². The highest BCUT2D eigenvalue weighted by Crippen LogP contribution is 2.34. The van der Waals surface area contributed by atoms with Gasteiger partial charge in [0.1, 0.15) is 6.04 Å². The van der Waals surface area contributed by atoms with Crippen LogP contribution >= 0.6 is 0 Å². The van der Waals surface area contributed by atoms with Gasteiger partial charge < -0.3 is 15.6 Å². The van der Waals surface area contributed by atoms with Gasteiger partial charge in [-0.1, -0.05) is 6.92 Å². The van der Waals surface area contributed by atoms with Crippen molar-refractivity contribution >= 4 is 5.97 Å². The van der Waals surface area contributed by atoms with Crippen molar-refractivity contribution in [3.63, 3.8) is 0 Å². The Hall–Kier alpha value is -0.610. The lowest BCUT2D eigenvalue weighted by atomic mass is 9.77. The molecule has 1 aliphatic rings. The molecule has 1 atom stereocenters. The van der Waals surface area contributed by atoms with Crippen molar-refractivity contribution < 1.29 is 14.6 Å². The van der Waals surface area contributed by atoms with Gasteiger partial charge in [0.25, 0.3) is 0 Å². The molecule has 0 spiro atoms. The van der Waals surface area contributed by atoms with E-state index in [-0.39, 0.29) is 5.41 Å². The smallest absolute Gasteiger partial charge is 0.320 e. The topological polar surface area (TPSA) is 72.6 Å². The molecule has 0 aromatic rings. The van der Waals surface area contributed by atoms with Crippen molar-refractivity contribution in [2.45, 2.75) is 32.2 Å². The first-order chi connectivity index (χ1) is 6.03. The van der Waals surface area contributed by atoms with Gasteiger partial charge in [-0.25, -0.2) is 0 Å². The van der Waals surface area contributed by atoms with E-state index in [1.165, 1.54) is 0 Å². The predicted molar refractivity (Wildman–Crippen MR) is 48.4 cm³/mol. The Morgan fingerprint density at radius 2 is 2.15 bits per heavy atom. The zero-order valence-corrected chi connectivity index (χ0v) is 7.95. The summed E-state index contributed by atoms with van der Waals surface area (Å²) < 4.78 is 5.22. The third-order valence-corrected chi connectivity index (χ3v) is 2.73. The number of rotatable bonds is 3. The molecule has 0 unspecified atom stereocenters. The molecule has 0 bridgehead atoms. The van der Waals surface area contributed by atoms with E-state index in [1.807, 2.05) is 0 Å². The van der Waals surface area contributed by atoms with Crippen LogP contribution in [-0.2, 0) is 9.53 Å². The molecule has 1 fully saturated rings. The van der Waals surface area contributed by atoms with Crippen LogP contribution in [0, 0.1) is 5.41 Å². The molecule has 4 nitrogen and oxygen atoms in total. The van der Waals surface area contributed by atoms with E-state index in [4.69, 9.17) is 15.6 Å². The van der Waals surface area contributed by atoms with Crippen molar-refractivity contribution in [2.24, 2.45) is 11.1 Å². The van der Waals surface area contributed by atoms with Gasteiger partial charge in [-0.3, -0.25) is 4.79 Å². The first-order valence-corrected chi connectivity index (χ1v) is 4.60. The maximum atomic E-state index is 10.6. The fourth-order valence-corrected chi connectivity index (χ4v) is 1.69. The molecule has 0 amide bonds. The van der Waals surface area contributed by atoms with Gasteiger partial charge in [0, 0.05) is 13.2 Å². The second-order valence-electron chi connectivity index (χ2n) is 4.07. The normalized spacial score (nSPS) is 23.8. The van der Waals surface area contributed by atoms with E-state index < -0.39 is 12.0 Å². The average molecular weight is 187 g/mol. The largest absolute Gasteiger partial charge is 0.480 e. The monoisotopic (exact) mass is 187 g/mol. The number of carboxylic acids is 1. The standard InChI is InChI=1S/C9H17NO3/c1-9(2-4-13-5-3-9)6-7(10)8(11)12/h7H,2-6,10H2,1H3,(H,11,12)/t7-/m1/s1. The van der Waals surface area contributed by atoms with Crippen LogP contribution in [0.2, 0.25) is 0 Å². The molecule has 1 aliphatic heterocycles. The highest BCUT2D eigenvalue weighted by molar-refractivity contribution is 5.73. The Labute approximate surface area is 78.1 Å². The zero-order chi connectivity index (χ0) is 9.90. The Kier molecular flexibility index (Phi) is 3.27. The van der Waals surface area contributed by atoms with Crippen LogP contribution in [0.4, 0.5) is 0 Å². The zero-order valence-electron chi connectivity index (χ0n) is 7.95. The molecule has 0 aromatic heterocycles. The van der Waals surface area contributed by atoms with Crippen LogP contribution in [0.3, 0.4) is 0 Å². The molecule has 3 N–H and O–H groups in total. The lowest BCUT2D eigenvalue weighted by Gasteiger charge is -2.34. The minimum atomic E-state index is -0.910. The molecule has 0 saturated carbocycles. The quantitative estimate of drug-likeness (QED) is 0.678. The van der Waals surface area contributed by atoms with Crippen molar-refractivity contribution in [2.75, 3.05) is 13.2 Å². The fourth-order valence-electron chi connectivity index (χ4n) is 1.69. The number of aliphatic carboxylic acids is 1. The van der Waals surface area contributed by atoms with Gasteiger partial charge in [0.05, 0.1) is 0 Å². The summed E-state index contributed by atoms with van der Waals surface area (Å²) >= 11 is 0. The van der Waals surface area contributed by atoms with Crippen LogP contribution < -0.4 is 5.73 Å². The van der Waals surface area contributed by atoms with Crippen molar-refractivity contribution in [1.29, 1.82) is 0 Å². The van der Waals surface area contributed by atoms with Gasteiger partial charge in [-0.2, -0.15) is 0 Å². The van der Waals surface area contributed by atoms with Crippen LogP contribution in [0.5, 0.6) is 0 Å². The first kappa shape index (κ1) is 10.5. The number of hydrogen-bond donors (Lipinski definition) is 2. The summed E-state index contributed by atoms with van der Waals surface area (Å²) in [6.07, 6.45) is 2.37. The minimum Gasteiger partial charge on any atom is -0.480 e. The van der Waals surface area contributed by atoms with Crippen molar-refractivity contribution in [3.8, 4) is 0 Å². The van der Waals surface area contributed by atoms with Crippen LogP contribution in [0.1, 0.15) is 26.2 Å². The van der Waals surface area contributed by atoms with Crippen LogP contribution in [0.25, 0.3) is 0 Å². The first-order valence-electron chi connectivity index (χ1n) is 4.60. The van der Waals surface area contributed by atoms with Gasteiger partial charge in [0.15, 0.2) is 0 Å². The summed E-state index contributed by atoms with van der Waals surface area (Å²) in [5.41, 5.74) is 5.54. The van der Waals surface area contributed by atoms with Crippen LogP contribution in [-0.4, -0.2) is 30.3 Å². The predicted octanol–water partition coefficient (Wildman–Crippen LogP) is 0.605. The third kappa shape index (κ3) is 2.97. The molecule has 1 heterocycles. The lowest BCUT2D eigenvalue weighted by Crippen LogP contribution is -2.38. The number of carbonyl (C=O) groups is 1. The second kappa shape index (κ2) is 4.07. The fraction of sp³-hybridized carbons (Fsp3) is 0.889. The molecule has 1 saturated heterocycles. The number of carboxylic acid groups (broad SMARTS) is 1. The molecule has 0 aromatic carbocycles. The van der Waals surface area contributed by atoms with Gasteiger partial charge >= 0.3 is 5.97 Å². The number of hydrogen-bond acceptors (Lipinski definition) is 3. The molecule has 76 valence electrons. The summed E-state index contributed by atoms with van der Waals surface area (Å²) in [5.74, 6) is -0.910. The Morgan fingerprint density at radius 3 is 2.62 bits per heavy atom. The molecular weight excluding hydrogens is 170 g/mol. The number of ether oxygens (including phenoxy) is 1. The Balaban J connectivity index is 2.45. The number of nitrogens with two attached hydrogens (primary N) is 1. The summed E-state index contributed by atoms with van der Waals surface area (Å²) in [6, 6.07) is -0.733. The average Bonchev–Trinajstić information content (AvgIpc) is 2.04. The molecular formula is C9H17NO3.